The van der Waals surface area contributed by atoms with Crippen molar-refractivity contribution in [2.24, 2.45) is 0 Å². The lowest BCUT2D eigenvalue weighted by Gasteiger charge is -2.08. The monoisotopic (exact) mass is 392 g/mol. The highest BCUT2D eigenvalue weighted by Gasteiger charge is 2.15. The van der Waals surface area contributed by atoms with Crippen LogP contribution in [0.3, 0.4) is 0 Å². The summed E-state index contributed by atoms with van der Waals surface area (Å²) in [6, 6.07) is 11.9. The number of nitrogens with one attached hydrogen (secondary N) is 1. The molecule has 3 aromatic rings. The van der Waals surface area contributed by atoms with Crippen molar-refractivity contribution < 1.29 is 4.79 Å². The number of hydrogen-bond acceptors (Lipinski definition) is 6. The highest BCUT2D eigenvalue weighted by molar-refractivity contribution is 8.00. The zero-order chi connectivity index (χ0) is 16.9. The van der Waals surface area contributed by atoms with Gasteiger partial charge in [-0.25, -0.2) is 4.98 Å². The second-order valence-corrected chi connectivity index (χ2v) is 9.04. The average molecular weight is 393 g/mol. The molecule has 1 N–H and O–H groups in total. The second kappa shape index (κ2) is 8.20. The molecular formula is C17H16N2OS4. The molecule has 0 radical (unpaired) electrons. The topological polar surface area (TPSA) is 42.0 Å². The number of thioether (sulfide) groups is 2. The first-order valence-corrected chi connectivity index (χ1v) is 11.1. The standard InChI is InChI=1S/C17H16N2OS4/c1-11-16(21-2)24-17(18-11)19-15(20)13-7-3-4-8-14(13)23-10-12-6-5-9-22-12/h3-9H,10H2,1-2H3,(H,18,19,20). The molecule has 124 valence electrons. The average Bonchev–Trinajstić information content (AvgIpc) is 3.22. The first-order valence-electron chi connectivity index (χ1n) is 7.24. The summed E-state index contributed by atoms with van der Waals surface area (Å²) >= 11 is 6.58. The van der Waals surface area contributed by atoms with E-state index < -0.39 is 0 Å². The molecule has 0 unspecified atom stereocenters. The highest BCUT2D eigenvalue weighted by Crippen LogP contribution is 2.32. The smallest absolute Gasteiger partial charge is 0.258 e. The van der Waals surface area contributed by atoms with Crippen LogP contribution in [0.1, 0.15) is 20.9 Å². The summed E-state index contributed by atoms with van der Waals surface area (Å²) in [6.07, 6.45) is 2.02. The number of benzene rings is 1. The molecule has 2 aromatic heterocycles. The van der Waals surface area contributed by atoms with Gasteiger partial charge in [-0.15, -0.1) is 34.9 Å². The first-order chi connectivity index (χ1) is 11.7. The van der Waals surface area contributed by atoms with Crippen LogP contribution in [-0.4, -0.2) is 17.1 Å². The molecule has 3 nitrogen and oxygen atoms in total. The van der Waals surface area contributed by atoms with Gasteiger partial charge in [0.15, 0.2) is 5.13 Å². The van der Waals surface area contributed by atoms with Crippen LogP contribution >= 0.6 is 46.2 Å². The number of carbonyl (C=O) groups excluding carboxylic acids is 1. The Hall–Kier alpha value is -1.28. The molecule has 0 bridgehead atoms. The summed E-state index contributed by atoms with van der Waals surface area (Å²) in [6.45, 7) is 1.96. The molecule has 7 heteroatoms. The van der Waals surface area contributed by atoms with Crippen molar-refractivity contribution in [3.8, 4) is 0 Å². The number of hydrogen-bond donors (Lipinski definition) is 1. The number of rotatable bonds is 6. The summed E-state index contributed by atoms with van der Waals surface area (Å²) < 4.78 is 1.13. The largest absolute Gasteiger partial charge is 0.298 e. The van der Waals surface area contributed by atoms with E-state index in [1.807, 2.05) is 43.5 Å². The number of aromatic nitrogens is 1. The van der Waals surface area contributed by atoms with E-state index in [1.165, 1.54) is 16.2 Å². The lowest BCUT2D eigenvalue weighted by molar-refractivity contribution is 0.102. The fraction of sp³-hybridized carbons (Fsp3) is 0.176. The number of anilines is 1. The van der Waals surface area contributed by atoms with E-state index >= 15 is 0 Å². The van der Waals surface area contributed by atoms with Gasteiger partial charge in [-0.1, -0.05) is 29.5 Å². The molecule has 24 heavy (non-hydrogen) atoms. The maximum Gasteiger partial charge on any atom is 0.258 e. The molecular weight excluding hydrogens is 376 g/mol. The Balaban J connectivity index is 1.74. The van der Waals surface area contributed by atoms with Crippen molar-refractivity contribution >= 4 is 57.2 Å². The van der Waals surface area contributed by atoms with Gasteiger partial charge in [0.2, 0.25) is 0 Å². The summed E-state index contributed by atoms with van der Waals surface area (Å²) in [5, 5.41) is 5.66. The number of thiazole rings is 1. The van der Waals surface area contributed by atoms with Crippen molar-refractivity contribution in [3.63, 3.8) is 0 Å². The Morgan fingerprint density at radius 3 is 2.79 bits per heavy atom. The number of thiophene rings is 1. The van der Waals surface area contributed by atoms with Crippen LogP contribution in [0.5, 0.6) is 0 Å². The maximum absolute atomic E-state index is 12.6. The zero-order valence-corrected chi connectivity index (χ0v) is 16.5. The lowest BCUT2D eigenvalue weighted by Crippen LogP contribution is -2.12. The van der Waals surface area contributed by atoms with Gasteiger partial charge in [0.05, 0.1) is 15.5 Å². The van der Waals surface area contributed by atoms with Gasteiger partial charge in [0.25, 0.3) is 5.91 Å². The molecule has 2 heterocycles. The van der Waals surface area contributed by atoms with Gasteiger partial charge in [-0.2, -0.15) is 0 Å². The molecule has 0 saturated heterocycles. The summed E-state index contributed by atoms with van der Waals surface area (Å²) in [5.74, 6) is 0.764. The molecule has 0 aliphatic carbocycles. The van der Waals surface area contributed by atoms with Crippen molar-refractivity contribution in [1.29, 1.82) is 0 Å². The minimum absolute atomic E-state index is 0.106. The van der Waals surface area contributed by atoms with Crippen molar-refractivity contribution in [2.75, 3.05) is 11.6 Å². The molecule has 0 saturated carbocycles. The summed E-state index contributed by atoms with van der Waals surface area (Å²) in [5.41, 5.74) is 1.65. The van der Waals surface area contributed by atoms with Gasteiger partial charge in [-0.05, 0) is 36.8 Å². The van der Waals surface area contributed by atoms with E-state index in [0.29, 0.717) is 10.7 Å². The summed E-state index contributed by atoms with van der Waals surface area (Å²) in [7, 11) is 0. The lowest BCUT2D eigenvalue weighted by atomic mass is 10.2. The molecule has 0 spiro atoms. The number of amides is 1. The van der Waals surface area contributed by atoms with E-state index in [0.717, 1.165) is 20.6 Å². The second-order valence-electron chi connectivity index (χ2n) is 4.91. The van der Waals surface area contributed by atoms with Crippen LogP contribution in [-0.2, 0) is 5.75 Å². The van der Waals surface area contributed by atoms with Crippen LogP contribution in [0.4, 0.5) is 5.13 Å². The molecule has 1 amide bonds. The van der Waals surface area contributed by atoms with Crippen molar-refractivity contribution in [3.05, 3.63) is 57.9 Å². The van der Waals surface area contributed by atoms with Gasteiger partial charge in [-0.3, -0.25) is 10.1 Å². The Morgan fingerprint density at radius 1 is 1.25 bits per heavy atom. The Morgan fingerprint density at radius 2 is 2.08 bits per heavy atom. The Kier molecular flexibility index (Phi) is 5.99. The molecule has 1 aromatic carbocycles. The normalized spacial score (nSPS) is 10.8. The van der Waals surface area contributed by atoms with Crippen molar-refractivity contribution in [1.82, 2.24) is 4.98 Å². The molecule has 0 atom stereocenters. The van der Waals surface area contributed by atoms with Crippen LogP contribution in [0.15, 0.2) is 50.9 Å². The van der Waals surface area contributed by atoms with Crippen LogP contribution in [0, 0.1) is 6.92 Å². The van der Waals surface area contributed by atoms with Gasteiger partial charge in [0.1, 0.15) is 0 Å². The minimum atomic E-state index is -0.106. The van der Waals surface area contributed by atoms with Crippen LogP contribution in [0.2, 0.25) is 0 Å². The van der Waals surface area contributed by atoms with Crippen LogP contribution < -0.4 is 5.32 Å². The fourth-order valence-corrected chi connectivity index (χ4v) is 5.54. The Labute approximate surface area is 157 Å². The van der Waals surface area contributed by atoms with Gasteiger partial charge < -0.3 is 0 Å². The molecule has 3 rings (SSSR count). The summed E-state index contributed by atoms with van der Waals surface area (Å²) in [4.78, 5) is 19.4. The third-order valence-corrected chi connectivity index (χ3v) is 7.71. The fourth-order valence-electron chi connectivity index (χ4n) is 2.11. The third-order valence-electron chi connectivity index (χ3n) is 3.24. The van der Waals surface area contributed by atoms with E-state index in [2.05, 4.69) is 21.7 Å². The molecule has 0 fully saturated rings. The first kappa shape index (κ1) is 17.5. The van der Waals surface area contributed by atoms with E-state index in [-0.39, 0.29) is 5.91 Å². The Bertz CT molecular complexity index is 827. The predicted molar refractivity (Wildman–Crippen MR) is 107 cm³/mol. The molecule has 0 aliphatic rings. The van der Waals surface area contributed by atoms with E-state index in [9.17, 15) is 4.79 Å². The third kappa shape index (κ3) is 4.22. The van der Waals surface area contributed by atoms with Gasteiger partial charge >= 0.3 is 0 Å². The van der Waals surface area contributed by atoms with E-state index in [4.69, 9.17) is 0 Å². The number of nitrogens with zero attached hydrogens (tertiary/aromatic N) is 1. The van der Waals surface area contributed by atoms with Crippen LogP contribution in [0.25, 0.3) is 0 Å². The quantitative estimate of drug-likeness (QED) is 0.540. The minimum Gasteiger partial charge on any atom is -0.298 e. The van der Waals surface area contributed by atoms with Crippen molar-refractivity contribution in [2.45, 2.75) is 21.8 Å². The predicted octanol–water partition coefficient (Wildman–Crippen LogP) is 5.78. The highest BCUT2D eigenvalue weighted by atomic mass is 32.2. The zero-order valence-electron chi connectivity index (χ0n) is 13.2. The number of aryl methyl sites for hydroxylation is 1. The van der Waals surface area contributed by atoms with Gasteiger partial charge in [0, 0.05) is 15.5 Å². The number of carbonyl (C=O) groups is 1. The maximum atomic E-state index is 12.6. The molecule has 0 aliphatic heterocycles. The van der Waals surface area contributed by atoms with E-state index in [1.54, 1.807) is 34.9 Å². The SMILES string of the molecule is CSc1sc(NC(=O)c2ccccc2SCc2cccs2)nc1C.